The molecule has 3 aliphatic carbocycles. The summed E-state index contributed by atoms with van der Waals surface area (Å²) < 4.78 is 0. The molecule has 3 saturated carbocycles. The van der Waals surface area contributed by atoms with E-state index in [4.69, 9.17) is 102 Å². The van der Waals surface area contributed by atoms with E-state index in [2.05, 4.69) is 0 Å². The minimum Gasteiger partial charge on any atom is -0.110 e. The summed E-state index contributed by atoms with van der Waals surface area (Å²) in [5.74, 6) is -0.479. The van der Waals surface area contributed by atoms with Gasteiger partial charge in [-0.1, -0.05) is 46.3 Å². The van der Waals surface area contributed by atoms with Crippen LogP contribution in [0, 0.1) is 16.7 Å². The molecule has 0 bridgehead atoms. The van der Waals surface area contributed by atoms with Gasteiger partial charge in [0.2, 0.25) is 0 Å². The van der Waals surface area contributed by atoms with Gasteiger partial charge in [0, 0.05) is 0 Å². The van der Waals surface area contributed by atoms with E-state index in [1.54, 1.807) is 13.8 Å². The molecule has 94 valence electrons. The molecule has 0 heterocycles. The molecule has 26 radical (unpaired) electrons. The van der Waals surface area contributed by atoms with Gasteiger partial charge in [0.15, 0.2) is 0 Å². The summed E-state index contributed by atoms with van der Waals surface area (Å²) in [7, 11) is 82.9. The molecule has 0 amide bonds. The highest BCUT2D eigenvalue weighted by molar-refractivity contribution is 6.71. The quantitative estimate of drug-likeness (QED) is 0.502. The van der Waals surface area contributed by atoms with Crippen molar-refractivity contribution in [2.45, 2.75) is 50.4 Å². The van der Waals surface area contributed by atoms with Crippen LogP contribution in [0.3, 0.4) is 0 Å². The molecular formula is C12H7B13. The van der Waals surface area contributed by atoms with Crippen molar-refractivity contribution >= 4 is 102 Å². The smallest absolute Gasteiger partial charge is 0.0728 e. The zero-order valence-corrected chi connectivity index (χ0v) is 14.6. The van der Waals surface area contributed by atoms with E-state index in [1.165, 1.54) is 0 Å². The molecule has 3 unspecified atom stereocenters. The van der Waals surface area contributed by atoms with Crippen molar-refractivity contribution in [1.29, 1.82) is 0 Å². The monoisotopic (exact) mass is 294 g/mol. The third-order valence-corrected chi connectivity index (χ3v) is 7.85. The van der Waals surface area contributed by atoms with Gasteiger partial charge in [-0.2, -0.15) is 0 Å². The van der Waals surface area contributed by atoms with E-state index in [0.717, 1.165) is 0 Å². The first-order chi connectivity index (χ1) is 10.7. The summed E-state index contributed by atoms with van der Waals surface area (Å²) in [6.45, 7) is 3.42. The van der Waals surface area contributed by atoms with Crippen molar-refractivity contribution in [1.82, 2.24) is 0 Å². The van der Waals surface area contributed by atoms with Gasteiger partial charge in [0.1, 0.15) is 0 Å². The van der Waals surface area contributed by atoms with Crippen LogP contribution in [0.15, 0.2) is 0 Å². The lowest BCUT2D eigenvalue weighted by Crippen LogP contribution is -2.76. The van der Waals surface area contributed by atoms with E-state index in [-0.39, 0.29) is 0 Å². The Kier molecular flexibility index (Phi) is 3.47. The Hall–Kier alpha value is 0.844. The summed E-state index contributed by atoms with van der Waals surface area (Å²) in [6, 6.07) is 0. The van der Waals surface area contributed by atoms with Gasteiger partial charge in [-0.25, -0.2) is 0 Å². The standard InChI is InChI=1S/C12H7B13/c1-3(2)4(13,14)5-6(11(22,23)9(5,18)19)7(15,8(6,16)17)12(24,25)10(5,20)21/h3H,1-2H3. The molecule has 0 aromatic rings. The largest absolute Gasteiger partial charge is 0.110 e. The minimum atomic E-state index is -2.10. The van der Waals surface area contributed by atoms with Crippen molar-refractivity contribution in [2.75, 3.05) is 0 Å². The highest BCUT2D eigenvalue weighted by Crippen LogP contribution is 3.20. The first kappa shape index (κ1) is 20.6. The fourth-order valence-electron chi connectivity index (χ4n) is 6.51. The van der Waals surface area contributed by atoms with Gasteiger partial charge in [-0.15, -0.1) is 20.9 Å². The molecule has 0 nitrogen and oxygen atoms in total. The molecule has 3 aliphatic rings. The Morgan fingerprint density at radius 3 is 1.28 bits per heavy atom. The van der Waals surface area contributed by atoms with Crippen LogP contribution >= 0.6 is 0 Å². The molecule has 3 fully saturated rings. The summed E-state index contributed by atoms with van der Waals surface area (Å²) in [5, 5.41) is -13.6. The molecule has 3 atom stereocenters. The van der Waals surface area contributed by atoms with Crippen LogP contribution in [0.1, 0.15) is 13.8 Å². The first-order valence-corrected chi connectivity index (χ1v) is 7.95. The second kappa shape index (κ2) is 4.22. The molecule has 1 spiro atoms. The number of hydrogen-bond acceptors (Lipinski definition) is 0. The molecule has 0 N–H and O–H groups in total. The fourth-order valence-corrected chi connectivity index (χ4v) is 6.51. The van der Waals surface area contributed by atoms with E-state index in [1.807, 2.05) is 0 Å². The summed E-state index contributed by atoms with van der Waals surface area (Å²) in [6.07, 6.45) is 0. The fraction of sp³-hybridized carbons (Fsp3) is 1.00. The minimum absolute atomic E-state index is 0.479. The van der Waals surface area contributed by atoms with Crippen LogP contribution in [-0.2, 0) is 0 Å². The predicted octanol–water partition coefficient (Wildman–Crippen LogP) is -2.30. The summed E-state index contributed by atoms with van der Waals surface area (Å²) >= 11 is 0. The van der Waals surface area contributed by atoms with Crippen LogP contribution in [0.4, 0.5) is 0 Å². The molecule has 3 rings (SSSR count). The van der Waals surface area contributed by atoms with E-state index in [9.17, 15) is 0 Å². The van der Waals surface area contributed by atoms with Gasteiger partial charge in [0.05, 0.1) is 102 Å². The Balaban J connectivity index is 2.54. The van der Waals surface area contributed by atoms with Gasteiger partial charge >= 0.3 is 0 Å². The van der Waals surface area contributed by atoms with Gasteiger partial charge in [-0.05, 0) is 0 Å². The van der Waals surface area contributed by atoms with Crippen molar-refractivity contribution in [2.24, 2.45) is 16.7 Å². The van der Waals surface area contributed by atoms with Crippen LogP contribution in [0.2, 0.25) is 36.6 Å². The van der Waals surface area contributed by atoms with Crippen LogP contribution in [0.25, 0.3) is 0 Å². The second-order valence-corrected chi connectivity index (χ2v) is 8.74. The topological polar surface area (TPSA) is 0 Å². The highest BCUT2D eigenvalue weighted by Gasteiger charge is 3.04. The molecule has 0 aromatic heterocycles. The maximum absolute atomic E-state index is 6.50. The molecular weight excluding hydrogens is 285 g/mol. The molecule has 25 heavy (non-hydrogen) atoms. The lowest BCUT2D eigenvalue weighted by molar-refractivity contribution is -0.0654. The van der Waals surface area contributed by atoms with Gasteiger partial charge in [0.25, 0.3) is 0 Å². The van der Waals surface area contributed by atoms with E-state index >= 15 is 0 Å². The lowest BCUT2D eigenvalue weighted by atomic mass is 8.97. The Morgan fingerprint density at radius 1 is 0.560 bits per heavy atom. The van der Waals surface area contributed by atoms with Crippen LogP contribution < -0.4 is 0 Å². The van der Waals surface area contributed by atoms with Gasteiger partial charge in [-0.3, -0.25) is 0 Å². The average molecular weight is 292 g/mol. The van der Waals surface area contributed by atoms with Crippen LogP contribution in [-0.4, -0.2) is 102 Å². The third-order valence-electron chi connectivity index (χ3n) is 7.85. The maximum Gasteiger partial charge on any atom is 0.0728 e. The Bertz CT molecular complexity index is 654. The SMILES string of the molecule is [B]C([B])(C(C)C)C12C([B])([B])C([B])([B])C3([B])C([B])([B])C31C([B])([B])C2([B])[B]. The maximum atomic E-state index is 6.50. The van der Waals surface area contributed by atoms with Crippen molar-refractivity contribution < 1.29 is 0 Å². The molecule has 13 heteroatoms. The third kappa shape index (κ3) is 1.20. The normalized spacial score (nSPS) is 46.5. The van der Waals surface area contributed by atoms with Crippen LogP contribution in [0.5, 0.6) is 0 Å². The van der Waals surface area contributed by atoms with Gasteiger partial charge < -0.3 is 0 Å². The van der Waals surface area contributed by atoms with Crippen molar-refractivity contribution in [3.8, 4) is 0 Å². The molecule has 0 saturated heterocycles. The predicted molar refractivity (Wildman–Crippen MR) is 113 cm³/mol. The van der Waals surface area contributed by atoms with Crippen molar-refractivity contribution in [3.63, 3.8) is 0 Å². The van der Waals surface area contributed by atoms with Crippen molar-refractivity contribution in [3.05, 3.63) is 0 Å². The lowest BCUT2D eigenvalue weighted by Gasteiger charge is -2.88. The average Bonchev–Trinajstić information content (AvgIpc) is 2.77. The summed E-state index contributed by atoms with van der Waals surface area (Å²) in [4.78, 5) is 0. The highest BCUT2D eigenvalue weighted by atomic mass is 15.0. The molecule has 0 aliphatic heterocycles. The second-order valence-electron chi connectivity index (χ2n) is 8.74. The van der Waals surface area contributed by atoms with E-state index < -0.39 is 53.3 Å². The number of rotatable bonds is 2. The number of hydrogen-bond donors (Lipinski definition) is 0. The Labute approximate surface area is 169 Å². The summed E-state index contributed by atoms with van der Waals surface area (Å²) in [5.41, 5.74) is -3.61. The zero-order chi connectivity index (χ0) is 20.1. The van der Waals surface area contributed by atoms with E-state index in [0.29, 0.717) is 0 Å². The Morgan fingerprint density at radius 2 is 0.920 bits per heavy atom. The molecule has 0 aromatic carbocycles. The first-order valence-electron chi connectivity index (χ1n) is 7.95. The zero-order valence-electron chi connectivity index (χ0n) is 14.6.